The molecule has 0 bridgehead atoms. The fourth-order valence-corrected chi connectivity index (χ4v) is 3.83. The maximum Gasteiger partial charge on any atom is 0.225 e. The molecule has 1 amide bonds. The predicted octanol–water partition coefficient (Wildman–Crippen LogP) is 2.49. The summed E-state index contributed by atoms with van der Waals surface area (Å²) in [5.74, 6) is -0.217. The lowest BCUT2D eigenvalue weighted by Gasteiger charge is -2.40. The number of benzene rings is 1. The highest BCUT2D eigenvalue weighted by Gasteiger charge is 2.40. The largest absolute Gasteiger partial charge is 0.385 e. The van der Waals surface area contributed by atoms with Crippen LogP contribution in [-0.4, -0.2) is 47.8 Å². The number of ether oxygens (including phenoxy) is 1. The van der Waals surface area contributed by atoms with Gasteiger partial charge in [-0.1, -0.05) is 29.8 Å². The first-order valence-electron chi connectivity index (χ1n) is 9.14. The van der Waals surface area contributed by atoms with Crippen LogP contribution in [0.4, 0.5) is 0 Å². The maximum atomic E-state index is 12.2. The third-order valence-corrected chi connectivity index (χ3v) is 5.42. The Kier molecular flexibility index (Phi) is 5.74. The quantitative estimate of drug-likeness (QED) is 0.798. The van der Waals surface area contributed by atoms with E-state index in [2.05, 4.69) is 46.3 Å². The van der Waals surface area contributed by atoms with E-state index in [-0.39, 0.29) is 5.91 Å². The standard InChI is InChI=1S/C20H28N4O2/c1-15-4-6-16(7-5-15)18-17(12-22-23-18)13-24-10-3-8-20(14-24,19(21)25)9-11-26-2/h4-7,12H,3,8-11,13-14H2,1-2H3,(H2,21,25)(H,22,23). The third-order valence-electron chi connectivity index (χ3n) is 5.42. The normalized spacial score (nSPS) is 21.0. The van der Waals surface area contributed by atoms with Gasteiger partial charge in [-0.05, 0) is 38.3 Å². The van der Waals surface area contributed by atoms with Crippen LogP contribution in [-0.2, 0) is 16.1 Å². The van der Waals surface area contributed by atoms with Gasteiger partial charge < -0.3 is 10.5 Å². The molecule has 140 valence electrons. The first-order chi connectivity index (χ1) is 12.5. The molecule has 1 aliphatic rings. The number of primary amides is 1. The number of aryl methyl sites for hydroxylation is 1. The summed E-state index contributed by atoms with van der Waals surface area (Å²) in [7, 11) is 1.66. The Balaban J connectivity index is 1.76. The van der Waals surface area contributed by atoms with Gasteiger partial charge in [-0.25, -0.2) is 0 Å². The molecule has 6 nitrogen and oxygen atoms in total. The van der Waals surface area contributed by atoms with Crippen LogP contribution in [0.5, 0.6) is 0 Å². The van der Waals surface area contributed by atoms with Crippen molar-refractivity contribution in [2.45, 2.75) is 32.7 Å². The Labute approximate surface area is 154 Å². The molecule has 1 unspecified atom stereocenters. The Morgan fingerprint density at radius 2 is 2.15 bits per heavy atom. The summed E-state index contributed by atoms with van der Waals surface area (Å²) in [6, 6.07) is 8.41. The average Bonchev–Trinajstić information content (AvgIpc) is 3.09. The summed E-state index contributed by atoms with van der Waals surface area (Å²) in [6.07, 6.45) is 4.35. The number of hydrogen-bond acceptors (Lipinski definition) is 4. The fourth-order valence-electron chi connectivity index (χ4n) is 3.83. The Bertz CT molecular complexity index is 741. The number of methoxy groups -OCH3 is 1. The van der Waals surface area contributed by atoms with Crippen molar-refractivity contribution < 1.29 is 9.53 Å². The monoisotopic (exact) mass is 356 g/mol. The van der Waals surface area contributed by atoms with Gasteiger partial charge in [-0.2, -0.15) is 5.10 Å². The SMILES string of the molecule is COCCC1(C(N)=O)CCCN(Cc2cn[nH]c2-c2ccc(C)cc2)C1. The van der Waals surface area contributed by atoms with E-state index in [1.54, 1.807) is 7.11 Å². The number of aromatic amines is 1. The summed E-state index contributed by atoms with van der Waals surface area (Å²) in [4.78, 5) is 14.5. The van der Waals surface area contributed by atoms with Gasteiger partial charge in [0.15, 0.2) is 0 Å². The molecular formula is C20H28N4O2. The Morgan fingerprint density at radius 1 is 1.38 bits per heavy atom. The van der Waals surface area contributed by atoms with Crippen molar-refractivity contribution in [2.24, 2.45) is 11.1 Å². The smallest absolute Gasteiger partial charge is 0.225 e. The molecule has 1 atom stereocenters. The van der Waals surface area contributed by atoms with Crippen LogP contribution in [0.2, 0.25) is 0 Å². The van der Waals surface area contributed by atoms with Crippen LogP contribution < -0.4 is 5.73 Å². The number of nitrogens with one attached hydrogen (secondary N) is 1. The van der Waals surface area contributed by atoms with Gasteiger partial charge in [0.2, 0.25) is 5.91 Å². The molecule has 3 rings (SSSR count). The average molecular weight is 356 g/mol. The van der Waals surface area contributed by atoms with Crippen LogP contribution in [0.3, 0.4) is 0 Å². The Hall–Kier alpha value is -2.18. The molecule has 2 aromatic rings. The number of aromatic nitrogens is 2. The molecule has 6 heteroatoms. The van der Waals surface area contributed by atoms with E-state index in [0.29, 0.717) is 19.6 Å². The molecule has 2 heterocycles. The number of H-pyrrole nitrogens is 1. The summed E-state index contributed by atoms with van der Waals surface area (Å²) >= 11 is 0. The van der Waals surface area contributed by atoms with Crippen molar-refractivity contribution >= 4 is 5.91 Å². The number of nitrogens with zero attached hydrogens (tertiary/aromatic N) is 2. The minimum Gasteiger partial charge on any atom is -0.385 e. The molecule has 0 radical (unpaired) electrons. The molecule has 3 N–H and O–H groups in total. The van der Waals surface area contributed by atoms with Gasteiger partial charge in [0.05, 0.1) is 17.3 Å². The number of likely N-dealkylation sites (tertiary alicyclic amines) is 1. The molecule has 1 aromatic heterocycles. The number of nitrogens with two attached hydrogens (primary N) is 1. The highest BCUT2D eigenvalue weighted by atomic mass is 16.5. The molecule has 1 aliphatic heterocycles. The molecule has 0 spiro atoms. The van der Waals surface area contributed by atoms with Crippen molar-refractivity contribution in [2.75, 3.05) is 26.8 Å². The Morgan fingerprint density at radius 3 is 2.85 bits per heavy atom. The van der Waals surface area contributed by atoms with Crippen molar-refractivity contribution in [1.82, 2.24) is 15.1 Å². The summed E-state index contributed by atoms with van der Waals surface area (Å²) in [5.41, 5.74) is 9.81. The summed E-state index contributed by atoms with van der Waals surface area (Å²) < 4.78 is 5.21. The van der Waals surface area contributed by atoms with E-state index in [0.717, 1.165) is 42.8 Å². The molecule has 26 heavy (non-hydrogen) atoms. The lowest BCUT2D eigenvalue weighted by atomic mass is 9.76. The van der Waals surface area contributed by atoms with E-state index in [1.807, 2.05) is 6.20 Å². The van der Waals surface area contributed by atoms with Gasteiger partial charge in [-0.15, -0.1) is 0 Å². The zero-order valence-corrected chi connectivity index (χ0v) is 15.6. The lowest BCUT2D eigenvalue weighted by molar-refractivity contribution is -0.132. The number of amides is 1. The van der Waals surface area contributed by atoms with Crippen LogP contribution in [0.15, 0.2) is 30.5 Å². The van der Waals surface area contributed by atoms with Crippen molar-refractivity contribution in [3.63, 3.8) is 0 Å². The highest BCUT2D eigenvalue weighted by molar-refractivity contribution is 5.81. The van der Waals surface area contributed by atoms with Gasteiger partial charge in [0, 0.05) is 32.4 Å². The maximum absolute atomic E-state index is 12.2. The summed E-state index contributed by atoms with van der Waals surface area (Å²) in [5, 5.41) is 7.36. The lowest BCUT2D eigenvalue weighted by Crippen LogP contribution is -2.50. The first-order valence-corrected chi connectivity index (χ1v) is 9.14. The van der Waals surface area contributed by atoms with E-state index in [4.69, 9.17) is 10.5 Å². The minimum atomic E-state index is -0.498. The first kappa shape index (κ1) is 18.6. The zero-order valence-electron chi connectivity index (χ0n) is 15.6. The minimum absolute atomic E-state index is 0.217. The third kappa shape index (κ3) is 3.97. The second-order valence-corrected chi connectivity index (χ2v) is 7.34. The summed E-state index contributed by atoms with van der Waals surface area (Å²) in [6.45, 7) is 5.01. The molecule has 1 aromatic carbocycles. The van der Waals surface area contributed by atoms with Crippen LogP contribution in [0, 0.1) is 12.3 Å². The molecule has 0 saturated carbocycles. The number of piperidine rings is 1. The molecule has 1 saturated heterocycles. The van der Waals surface area contributed by atoms with Crippen molar-refractivity contribution in [1.29, 1.82) is 0 Å². The topological polar surface area (TPSA) is 84.2 Å². The van der Waals surface area contributed by atoms with Gasteiger partial charge in [0.1, 0.15) is 0 Å². The van der Waals surface area contributed by atoms with E-state index < -0.39 is 5.41 Å². The van der Waals surface area contributed by atoms with Crippen molar-refractivity contribution in [3.05, 3.63) is 41.6 Å². The zero-order chi connectivity index (χ0) is 18.6. The molecular weight excluding hydrogens is 328 g/mol. The van der Waals surface area contributed by atoms with Gasteiger partial charge >= 0.3 is 0 Å². The number of carbonyl (C=O) groups is 1. The van der Waals surface area contributed by atoms with E-state index in [1.165, 1.54) is 5.56 Å². The number of rotatable bonds is 7. The molecule has 0 aliphatic carbocycles. The number of hydrogen-bond donors (Lipinski definition) is 2. The predicted molar refractivity (Wildman–Crippen MR) is 101 cm³/mol. The van der Waals surface area contributed by atoms with Crippen molar-refractivity contribution in [3.8, 4) is 11.3 Å². The van der Waals surface area contributed by atoms with E-state index in [9.17, 15) is 4.79 Å². The second kappa shape index (κ2) is 8.01. The van der Waals surface area contributed by atoms with E-state index >= 15 is 0 Å². The van der Waals surface area contributed by atoms with Crippen LogP contribution in [0.25, 0.3) is 11.3 Å². The molecule has 1 fully saturated rings. The van der Waals surface area contributed by atoms with Crippen LogP contribution >= 0.6 is 0 Å². The van der Waals surface area contributed by atoms with Gasteiger partial charge in [0.25, 0.3) is 0 Å². The highest BCUT2D eigenvalue weighted by Crippen LogP contribution is 2.34. The van der Waals surface area contributed by atoms with Gasteiger partial charge in [-0.3, -0.25) is 14.8 Å². The fraction of sp³-hybridized carbons (Fsp3) is 0.500. The van der Waals surface area contributed by atoms with Crippen LogP contribution in [0.1, 0.15) is 30.4 Å². The second-order valence-electron chi connectivity index (χ2n) is 7.34. The number of carbonyl (C=O) groups excluding carboxylic acids is 1.